The van der Waals surface area contributed by atoms with Crippen LogP contribution in [-0.2, 0) is 15.2 Å². The second-order valence-electron chi connectivity index (χ2n) is 5.38. The smallest absolute Gasteiger partial charge is 0.263 e. The lowest BCUT2D eigenvalue weighted by Crippen LogP contribution is -2.40. The summed E-state index contributed by atoms with van der Waals surface area (Å²) in [5, 5.41) is 10.8. The third-order valence-corrected chi connectivity index (χ3v) is 4.32. The molecule has 1 aromatic heterocycles. The molecule has 118 valence electrons. The van der Waals surface area contributed by atoms with Crippen LogP contribution < -0.4 is 4.90 Å². The molecule has 2 aromatic rings. The zero-order valence-corrected chi connectivity index (χ0v) is 13.9. The molecule has 3 rings (SSSR count). The first-order chi connectivity index (χ1) is 10.9. The minimum absolute atomic E-state index is 0.323. The zero-order valence-electron chi connectivity index (χ0n) is 12.3. The number of allylic oxidation sites excluding steroid dienone is 1. The molecule has 5 nitrogen and oxygen atoms in total. The highest BCUT2D eigenvalue weighted by Gasteiger charge is 2.49. The maximum atomic E-state index is 12.4. The second-order valence-corrected chi connectivity index (χ2v) is 6.29. The maximum Gasteiger partial charge on any atom is 0.263 e. The lowest BCUT2D eigenvalue weighted by Gasteiger charge is -2.20. The molecule has 0 bridgehead atoms. The van der Waals surface area contributed by atoms with Crippen LogP contribution in [0.1, 0.15) is 17.7 Å². The first kappa shape index (κ1) is 15.7. The Morgan fingerprint density at radius 2 is 2.22 bits per heavy atom. The molecule has 1 atom stereocenters. The Kier molecular flexibility index (Phi) is 3.95. The molecule has 1 amide bonds. The van der Waals surface area contributed by atoms with Crippen molar-refractivity contribution in [3.8, 4) is 0 Å². The van der Waals surface area contributed by atoms with E-state index in [9.17, 15) is 14.7 Å². The number of aliphatic hydroxyl groups is 1. The first-order valence-electron chi connectivity index (χ1n) is 6.97. The number of halogens is 1. The van der Waals surface area contributed by atoms with Gasteiger partial charge in [0.1, 0.15) is 5.76 Å². The van der Waals surface area contributed by atoms with Crippen LogP contribution >= 0.6 is 15.9 Å². The number of benzene rings is 1. The number of carbonyl (C=O) groups excluding carboxylic acids is 2. The molecular formula is C17H14BrNO4. The van der Waals surface area contributed by atoms with Crippen LogP contribution in [0.25, 0.3) is 6.08 Å². The maximum absolute atomic E-state index is 12.4. The highest BCUT2D eigenvalue weighted by Crippen LogP contribution is 2.42. The van der Waals surface area contributed by atoms with Crippen molar-refractivity contribution in [2.24, 2.45) is 0 Å². The summed E-state index contributed by atoms with van der Waals surface area (Å²) in [6.45, 7) is 0. The molecule has 1 aliphatic heterocycles. The van der Waals surface area contributed by atoms with E-state index < -0.39 is 11.5 Å². The Bertz CT molecular complexity index is 797. The quantitative estimate of drug-likeness (QED) is 0.834. The Hall–Kier alpha value is -2.18. The van der Waals surface area contributed by atoms with Crippen LogP contribution in [0.2, 0.25) is 0 Å². The fourth-order valence-electron chi connectivity index (χ4n) is 2.68. The normalized spacial score (nSPS) is 20.3. The van der Waals surface area contributed by atoms with Crippen molar-refractivity contribution in [3.05, 3.63) is 58.5 Å². The number of anilines is 1. The minimum atomic E-state index is -1.85. The number of nitrogens with zero attached hydrogens (tertiary/aromatic N) is 1. The van der Waals surface area contributed by atoms with Crippen molar-refractivity contribution in [3.63, 3.8) is 0 Å². The molecular weight excluding hydrogens is 362 g/mol. The van der Waals surface area contributed by atoms with Gasteiger partial charge in [-0.05, 0) is 42.5 Å². The largest absolute Gasteiger partial charge is 0.465 e. The lowest BCUT2D eigenvalue weighted by molar-refractivity contribution is -0.140. The summed E-state index contributed by atoms with van der Waals surface area (Å²) in [7, 11) is 1.58. The molecule has 0 radical (unpaired) electrons. The third kappa shape index (κ3) is 2.75. The summed E-state index contributed by atoms with van der Waals surface area (Å²) < 4.78 is 5.84. The number of rotatable bonds is 4. The van der Waals surface area contributed by atoms with Gasteiger partial charge in [0.15, 0.2) is 11.4 Å². The molecule has 2 heterocycles. The van der Waals surface area contributed by atoms with Gasteiger partial charge < -0.3 is 14.4 Å². The van der Waals surface area contributed by atoms with E-state index in [1.165, 1.54) is 23.3 Å². The molecule has 6 heteroatoms. The predicted octanol–water partition coefficient (Wildman–Crippen LogP) is 2.88. The van der Waals surface area contributed by atoms with Gasteiger partial charge in [-0.25, -0.2) is 0 Å². The van der Waals surface area contributed by atoms with E-state index in [0.29, 0.717) is 17.0 Å². The monoisotopic (exact) mass is 375 g/mol. The van der Waals surface area contributed by atoms with Crippen molar-refractivity contribution in [2.75, 3.05) is 11.9 Å². The fraction of sp³-hybridized carbons (Fsp3) is 0.176. The van der Waals surface area contributed by atoms with Crippen LogP contribution in [0.15, 0.2) is 51.6 Å². The molecule has 0 saturated carbocycles. The average Bonchev–Trinajstić information content (AvgIpc) is 3.09. The average molecular weight is 376 g/mol. The number of furan rings is 1. The molecule has 0 unspecified atom stereocenters. The summed E-state index contributed by atoms with van der Waals surface area (Å²) in [5.74, 6) is -0.341. The van der Waals surface area contributed by atoms with Gasteiger partial charge in [0.05, 0.1) is 18.4 Å². The summed E-state index contributed by atoms with van der Waals surface area (Å²) in [5.41, 5.74) is -0.819. The third-order valence-electron chi connectivity index (χ3n) is 3.83. The van der Waals surface area contributed by atoms with E-state index >= 15 is 0 Å². The molecule has 0 saturated heterocycles. The second kappa shape index (κ2) is 5.79. The van der Waals surface area contributed by atoms with E-state index in [1.807, 2.05) is 0 Å². The number of likely N-dealkylation sites (N-methyl/N-ethyl adjacent to an activating group) is 1. The van der Waals surface area contributed by atoms with Crippen molar-refractivity contribution in [1.29, 1.82) is 0 Å². The van der Waals surface area contributed by atoms with Gasteiger partial charge in [0, 0.05) is 17.1 Å². The number of hydrogen-bond donors (Lipinski definition) is 1. The molecule has 0 spiro atoms. The minimum Gasteiger partial charge on any atom is -0.465 e. The van der Waals surface area contributed by atoms with E-state index in [-0.39, 0.29) is 12.2 Å². The van der Waals surface area contributed by atoms with Gasteiger partial charge >= 0.3 is 0 Å². The molecule has 1 aliphatic rings. The van der Waals surface area contributed by atoms with E-state index in [0.717, 1.165) is 4.47 Å². The summed E-state index contributed by atoms with van der Waals surface area (Å²) in [6.07, 6.45) is 3.99. The van der Waals surface area contributed by atoms with Gasteiger partial charge in [-0.2, -0.15) is 0 Å². The summed E-state index contributed by atoms with van der Waals surface area (Å²) in [6, 6.07) is 8.60. The number of fused-ring (bicyclic) bond motifs is 1. The summed E-state index contributed by atoms with van der Waals surface area (Å²) >= 11 is 3.33. The SMILES string of the molecule is CN1C(=O)[C@](O)(CC(=O)/C=C\c2ccco2)c2cc(Br)ccc21. The highest BCUT2D eigenvalue weighted by atomic mass is 79.9. The molecule has 0 aliphatic carbocycles. The van der Waals surface area contributed by atoms with Crippen molar-refractivity contribution in [2.45, 2.75) is 12.0 Å². The first-order valence-corrected chi connectivity index (χ1v) is 7.76. The highest BCUT2D eigenvalue weighted by molar-refractivity contribution is 9.10. The Morgan fingerprint density at radius 1 is 1.43 bits per heavy atom. The summed E-state index contributed by atoms with van der Waals surface area (Å²) in [4.78, 5) is 26.0. The van der Waals surface area contributed by atoms with Crippen LogP contribution in [0.3, 0.4) is 0 Å². The predicted molar refractivity (Wildman–Crippen MR) is 88.8 cm³/mol. The van der Waals surface area contributed by atoms with Gasteiger partial charge in [-0.3, -0.25) is 9.59 Å². The zero-order chi connectivity index (χ0) is 16.6. The van der Waals surface area contributed by atoms with Crippen LogP contribution in [0, 0.1) is 0 Å². The van der Waals surface area contributed by atoms with Crippen LogP contribution in [-0.4, -0.2) is 23.8 Å². The number of hydrogen-bond acceptors (Lipinski definition) is 4. The van der Waals surface area contributed by atoms with E-state index in [1.54, 1.807) is 37.4 Å². The number of ketones is 1. The van der Waals surface area contributed by atoms with Gasteiger partial charge in [-0.1, -0.05) is 15.9 Å². The molecule has 0 fully saturated rings. The van der Waals surface area contributed by atoms with Gasteiger partial charge in [-0.15, -0.1) is 0 Å². The van der Waals surface area contributed by atoms with E-state index in [2.05, 4.69) is 15.9 Å². The van der Waals surface area contributed by atoms with Crippen molar-refractivity contribution in [1.82, 2.24) is 0 Å². The number of carbonyl (C=O) groups is 2. The topological polar surface area (TPSA) is 70.8 Å². The van der Waals surface area contributed by atoms with Crippen molar-refractivity contribution < 1.29 is 19.1 Å². The van der Waals surface area contributed by atoms with E-state index in [4.69, 9.17) is 4.42 Å². The number of amides is 1. The lowest BCUT2D eigenvalue weighted by atomic mass is 9.90. The van der Waals surface area contributed by atoms with Crippen LogP contribution in [0.5, 0.6) is 0 Å². The Labute approximate surface area is 141 Å². The molecule has 1 aromatic carbocycles. The van der Waals surface area contributed by atoms with Gasteiger partial charge in [0.2, 0.25) is 0 Å². The van der Waals surface area contributed by atoms with Crippen LogP contribution in [0.4, 0.5) is 5.69 Å². The fourth-order valence-corrected chi connectivity index (χ4v) is 3.04. The molecule has 23 heavy (non-hydrogen) atoms. The standard InChI is InChI=1S/C17H14BrNO4/c1-19-15-7-4-11(18)9-14(15)17(22,16(19)21)10-12(20)5-6-13-3-2-8-23-13/h2-9,22H,10H2,1H3/b6-5-/t17-/m0/s1. The van der Waals surface area contributed by atoms with Gasteiger partial charge in [0.25, 0.3) is 5.91 Å². The van der Waals surface area contributed by atoms with Crippen molar-refractivity contribution >= 4 is 39.4 Å². The Balaban J connectivity index is 1.88. The Morgan fingerprint density at radius 3 is 2.91 bits per heavy atom. The molecule has 1 N–H and O–H groups in total.